The Kier molecular flexibility index (Phi) is 5.03. The van der Waals surface area contributed by atoms with E-state index in [4.69, 9.17) is 0 Å². The van der Waals surface area contributed by atoms with Gasteiger partial charge in [-0.1, -0.05) is 13.8 Å². The molecule has 1 unspecified atom stereocenters. The normalized spacial score (nSPS) is 41.4. The lowest BCUT2D eigenvalue weighted by atomic mass is 9.47. The maximum Gasteiger partial charge on any atom is 0.534 e. The molecule has 0 bridgehead atoms. The molecule has 3 aliphatic carbocycles. The summed E-state index contributed by atoms with van der Waals surface area (Å²) < 4.78 is 66.5. The Labute approximate surface area is 176 Å². The van der Waals surface area contributed by atoms with Crippen molar-refractivity contribution in [2.24, 2.45) is 28.6 Å². The molecule has 9 heteroatoms. The summed E-state index contributed by atoms with van der Waals surface area (Å²) in [5.41, 5.74) is -6.13. The number of halogens is 3. The largest absolute Gasteiger partial charge is 0.534 e. The molecular formula is C21H30F3NO4S. The van der Waals surface area contributed by atoms with E-state index in [-0.39, 0.29) is 29.0 Å². The van der Waals surface area contributed by atoms with E-state index in [1.807, 2.05) is 11.8 Å². The summed E-state index contributed by atoms with van der Waals surface area (Å²) >= 11 is 0. The fraction of sp³-hybridized carbons (Fsp3) is 0.857. The highest BCUT2D eigenvalue weighted by molar-refractivity contribution is 7.87. The first kappa shape index (κ1) is 22.0. The Morgan fingerprint density at radius 2 is 1.87 bits per heavy atom. The molecule has 5 nitrogen and oxygen atoms in total. The zero-order chi connectivity index (χ0) is 22.1. The highest BCUT2D eigenvalue weighted by atomic mass is 32.2. The van der Waals surface area contributed by atoms with Crippen LogP contribution in [0.25, 0.3) is 0 Å². The van der Waals surface area contributed by atoms with Gasteiger partial charge in [-0.15, -0.1) is 0 Å². The molecular weight excluding hydrogens is 419 g/mol. The fourth-order valence-corrected chi connectivity index (χ4v) is 7.87. The number of rotatable bonds is 2. The van der Waals surface area contributed by atoms with Gasteiger partial charge in [0.05, 0.1) is 0 Å². The summed E-state index contributed by atoms with van der Waals surface area (Å²) in [7, 11) is -5.66. The van der Waals surface area contributed by atoms with Crippen molar-refractivity contribution >= 4 is 16.0 Å². The fourth-order valence-electron chi connectivity index (χ4n) is 7.29. The molecule has 1 saturated heterocycles. The minimum absolute atomic E-state index is 0.00414. The maximum absolute atomic E-state index is 12.9. The topological polar surface area (TPSA) is 63.7 Å². The van der Waals surface area contributed by atoms with Crippen LogP contribution in [0.4, 0.5) is 13.2 Å². The number of piperidine rings is 1. The third kappa shape index (κ3) is 3.09. The van der Waals surface area contributed by atoms with Crippen LogP contribution in [0.2, 0.25) is 0 Å². The molecule has 4 aliphatic rings. The minimum Gasteiger partial charge on any atom is -0.380 e. The molecule has 0 N–H and O–H groups in total. The van der Waals surface area contributed by atoms with Gasteiger partial charge in [-0.25, -0.2) is 0 Å². The van der Waals surface area contributed by atoms with Gasteiger partial charge in [0.25, 0.3) is 0 Å². The monoisotopic (exact) mass is 449 g/mol. The van der Waals surface area contributed by atoms with Crippen LogP contribution < -0.4 is 0 Å². The lowest BCUT2D eigenvalue weighted by Gasteiger charge is -2.61. The van der Waals surface area contributed by atoms with Crippen molar-refractivity contribution in [3.8, 4) is 0 Å². The Hall–Kier alpha value is -1.25. The number of carbonyl (C=O) groups excluding carboxylic acids is 1. The Balaban J connectivity index is 1.58. The molecule has 0 aromatic heterocycles. The number of fused-ring (bicyclic) bond motifs is 5. The highest BCUT2D eigenvalue weighted by Crippen LogP contribution is 2.65. The number of alkyl halides is 3. The van der Waals surface area contributed by atoms with Crippen LogP contribution in [0.15, 0.2) is 11.8 Å². The van der Waals surface area contributed by atoms with Crippen molar-refractivity contribution in [3.05, 3.63) is 11.8 Å². The van der Waals surface area contributed by atoms with Crippen LogP contribution in [0.1, 0.15) is 65.7 Å². The first-order valence-corrected chi connectivity index (χ1v) is 12.2. The number of likely N-dealkylation sites (tertiary alicyclic amines) is 1. The lowest BCUT2D eigenvalue weighted by Crippen LogP contribution is -2.61. The van der Waals surface area contributed by atoms with Crippen molar-refractivity contribution in [2.45, 2.75) is 77.3 Å². The molecule has 2 saturated carbocycles. The van der Waals surface area contributed by atoms with Crippen LogP contribution in [0, 0.1) is 28.6 Å². The number of carbonyl (C=O) groups is 1. The van der Waals surface area contributed by atoms with Crippen molar-refractivity contribution in [2.75, 3.05) is 6.54 Å². The van der Waals surface area contributed by atoms with E-state index in [9.17, 15) is 26.4 Å². The second-order valence-electron chi connectivity index (χ2n) is 10.0. The first-order valence-electron chi connectivity index (χ1n) is 10.8. The van der Waals surface area contributed by atoms with E-state index in [1.54, 1.807) is 13.0 Å². The SMILES string of the molecule is CC(=O)N1CCC[C@@]2(C)C1CC[C@@H]1[C@@H]2CC[C@]2(C)C(OS(=O)(=O)C(F)(F)F)=CC[C@@H]12. The second-order valence-corrected chi connectivity index (χ2v) is 11.6. The standard InChI is InChI=1S/C21H30F3NO4S/c1-13(26)25-12-4-10-19(2)16-9-11-20(3)15(14(16)5-7-17(19)25)6-8-18(20)29-30(27,28)21(22,23)24/h8,14-17H,4-7,9-12H2,1-3H3/t14-,15-,16-,17?,19+,20-/m0/s1. The third-order valence-corrected chi connectivity index (χ3v) is 9.67. The van der Waals surface area contributed by atoms with E-state index < -0.39 is 21.0 Å². The number of allylic oxidation sites excluding steroid dienone is 2. The predicted octanol–water partition coefficient (Wildman–Crippen LogP) is 4.60. The number of hydrogen-bond acceptors (Lipinski definition) is 4. The predicted molar refractivity (Wildman–Crippen MR) is 104 cm³/mol. The average Bonchev–Trinajstić information content (AvgIpc) is 2.95. The van der Waals surface area contributed by atoms with E-state index in [0.717, 1.165) is 38.6 Å². The molecule has 1 heterocycles. The summed E-state index contributed by atoms with van der Waals surface area (Å²) in [6.45, 7) is 6.56. The van der Waals surface area contributed by atoms with Crippen LogP contribution >= 0.6 is 0 Å². The van der Waals surface area contributed by atoms with Gasteiger partial charge in [-0.05, 0) is 74.2 Å². The molecule has 3 fully saturated rings. The molecule has 4 rings (SSSR count). The number of nitrogens with zero attached hydrogens (tertiary/aromatic N) is 1. The maximum atomic E-state index is 12.9. The molecule has 0 radical (unpaired) electrons. The highest BCUT2D eigenvalue weighted by Gasteiger charge is 2.61. The van der Waals surface area contributed by atoms with E-state index in [1.165, 1.54) is 0 Å². The van der Waals surface area contributed by atoms with Gasteiger partial charge in [0, 0.05) is 24.9 Å². The molecule has 170 valence electrons. The average molecular weight is 450 g/mol. The van der Waals surface area contributed by atoms with Gasteiger partial charge in [-0.2, -0.15) is 21.6 Å². The zero-order valence-electron chi connectivity index (χ0n) is 17.7. The van der Waals surface area contributed by atoms with Crippen molar-refractivity contribution in [1.29, 1.82) is 0 Å². The van der Waals surface area contributed by atoms with Crippen molar-refractivity contribution < 1.29 is 30.6 Å². The molecule has 6 atom stereocenters. The third-order valence-electron chi connectivity index (χ3n) is 8.71. The smallest absolute Gasteiger partial charge is 0.380 e. The molecule has 0 aromatic carbocycles. The molecule has 30 heavy (non-hydrogen) atoms. The number of amides is 1. The lowest BCUT2D eigenvalue weighted by molar-refractivity contribution is -0.153. The van der Waals surface area contributed by atoms with Gasteiger partial charge in [0.2, 0.25) is 5.91 Å². The zero-order valence-corrected chi connectivity index (χ0v) is 18.5. The summed E-state index contributed by atoms with van der Waals surface area (Å²) in [5, 5.41) is 0. The molecule has 1 amide bonds. The van der Waals surface area contributed by atoms with E-state index >= 15 is 0 Å². The van der Waals surface area contributed by atoms with Gasteiger partial charge in [-0.3, -0.25) is 4.79 Å². The second kappa shape index (κ2) is 6.87. The van der Waals surface area contributed by atoms with Gasteiger partial charge in [0.1, 0.15) is 5.76 Å². The summed E-state index contributed by atoms with van der Waals surface area (Å²) in [5.74, 6) is 0.816. The van der Waals surface area contributed by atoms with Crippen LogP contribution in [-0.4, -0.2) is 37.3 Å². The molecule has 1 aliphatic heterocycles. The van der Waals surface area contributed by atoms with Crippen LogP contribution in [0.5, 0.6) is 0 Å². The van der Waals surface area contributed by atoms with Gasteiger partial charge in [0.15, 0.2) is 0 Å². The minimum atomic E-state index is -5.66. The van der Waals surface area contributed by atoms with Gasteiger partial charge >= 0.3 is 15.6 Å². The number of hydrogen-bond donors (Lipinski definition) is 0. The van der Waals surface area contributed by atoms with Crippen LogP contribution in [-0.2, 0) is 19.1 Å². The van der Waals surface area contributed by atoms with Crippen molar-refractivity contribution in [1.82, 2.24) is 4.90 Å². The van der Waals surface area contributed by atoms with Gasteiger partial charge < -0.3 is 9.08 Å². The Morgan fingerprint density at radius 1 is 1.17 bits per heavy atom. The first-order chi connectivity index (χ1) is 13.8. The van der Waals surface area contributed by atoms with E-state index in [0.29, 0.717) is 24.7 Å². The summed E-state index contributed by atoms with van der Waals surface area (Å²) in [6.07, 6.45) is 7.32. The summed E-state index contributed by atoms with van der Waals surface area (Å²) in [4.78, 5) is 14.2. The summed E-state index contributed by atoms with van der Waals surface area (Å²) in [6, 6.07) is 0.213. The van der Waals surface area contributed by atoms with E-state index in [2.05, 4.69) is 11.1 Å². The Bertz CT molecular complexity index is 870. The quantitative estimate of drug-likeness (QED) is 0.457. The molecule has 0 spiro atoms. The molecule has 0 aromatic rings. The van der Waals surface area contributed by atoms with Crippen molar-refractivity contribution in [3.63, 3.8) is 0 Å². The van der Waals surface area contributed by atoms with Crippen LogP contribution in [0.3, 0.4) is 0 Å². The Morgan fingerprint density at radius 3 is 2.50 bits per heavy atom.